The second-order valence-electron chi connectivity index (χ2n) is 14.3. The van der Waals surface area contributed by atoms with Gasteiger partial charge in [0.2, 0.25) is 0 Å². The average molecular weight is 705 g/mol. The number of thiophene rings is 1. The molecule has 11 heteroatoms. The van der Waals surface area contributed by atoms with Gasteiger partial charge < -0.3 is 19.9 Å². The number of aromatic amines is 1. The molecule has 262 valence electrons. The minimum Gasteiger partial charge on any atom is -0.381 e. The fraction of sp³-hybridized carbons (Fsp3) is 0.350. The number of aromatic nitrogens is 3. The summed E-state index contributed by atoms with van der Waals surface area (Å²) >= 11 is 1.81. The third-order valence-corrected chi connectivity index (χ3v) is 11.8. The van der Waals surface area contributed by atoms with E-state index in [0.29, 0.717) is 28.1 Å². The lowest BCUT2D eigenvalue weighted by molar-refractivity contribution is -0.000509. The highest BCUT2D eigenvalue weighted by atomic mass is 32.1. The number of aldehydes is 1. The molecule has 3 aromatic heterocycles. The van der Waals surface area contributed by atoms with Crippen molar-refractivity contribution in [2.45, 2.75) is 44.9 Å². The largest absolute Gasteiger partial charge is 0.381 e. The van der Waals surface area contributed by atoms with Gasteiger partial charge in [-0.05, 0) is 105 Å². The molecule has 4 aliphatic rings. The molecule has 9 nitrogen and oxygen atoms in total. The van der Waals surface area contributed by atoms with Crippen LogP contribution in [0.5, 0.6) is 0 Å². The van der Waals surface area contributed by atoms with Crippen molar-refractivity contribution < 1.29 is 18.7 Å². The number of anilines is 3. The van der Waals surface area contributed by atoms with Gasteiger partial charge in [-0.2, -0.15) is 5.10 Å². The van der Waals surface area contributed by atoms with Crippen molar-refractivity contribution in [2.75, 3.05) is 55.0 Å². The van der Waals surface area contributed by atoms with Crippen LogP contribution in [0.25, 0.3) is 20.9 Å². The van der Waals surface area contributed by atoms with E-state index in [4.69, 9.17) is 4.74 Å². The molecule has 2 saturated heterocycles. The van der Waals surface area contributed by atoms with E-state index in [1.54, 1.807) is 42.6 Å². The SMILES string of the molecule is CN1CCc2cc(-c3cn[nH]c3C3CC3)sc2-c2ccc(F)cc21.Cc1cnc(N2CC3(CCOCC3)C2)c(C(=O)Nc2ccc(C=O)cc2)c1. The summed E-state index contributed by atoms with van der Waals surface area (Å²) in [5.74, 6) is 1.02. The number of aryl methyl sites for hydroxylation is 1. The Balaban J connectivity index is 0.000000147. The van der Waals surface area contributed by atoms with Gasteiger partial charge in [0.15, 0.2) is 0 Å². The van der Waals surface area contributed by atoms with Gasteiger partial charge in [0.1, 0.15) is 17.9 Å². The quantitative estimate of drug-likeness (QED) is 0.173. The Labute approximate surface area is 300 Å². The fourth-order valence-electron chi connectivity index (χ4n) is 7.43. The predicted molar refractivity (Wildman–Crippen MR) is 200 cm³/mol. The van der Waals surface area contributed by atoms with Gasteiger partial charge in [0.25, 0.3) is 5.91 Å². The van der Waals surface area contributed by atoms with Crippen LogP contribution in [0.2, 0.25) is 0 Å². The summed E-state index contributed by atoms with van der Waals surface area (Å²) < 4.78 is 19.2. The maximum atomic E-state index is 13.7. The number of hydrogen-bond donors (Lipinski definition) is 2. The van der Waals surface area contributed by atoms with Gasteiger partial charge in [0.05, 0.1) is 11.8 Å². The number of ether oxygens (including phenoxy) is 1. The molecule has 1 spiro atoms. The van der Waals surface area contributed by atoms with Crippen molar-refractivity contribution in [1.29, 1.82) is 0 Å². The monoisotopic (exact) mass is 704 g/mol. The summed E-state index contributed by atoms with van der Waals surface area (Å²) in [4.78, 5) is 35.1. The Bertz CT molecular complexity index is 2070. The molecule has 2 N–H and O–H groups in total. The van der Waals surface area contributed by atoms with Gasteiger partial charge in [-0.15, -0.1) is 11.3 Å². The fourth-order valence-corrected chi connectivity index (χ4v) is 8.70. The van der Waals surface area contributed by atoms with Crippen LogP contribution in [0.1, 0.15) is 69.1 Å². The number of benzene rings is 2. The molecule has 2 aromatic carbocycles. The summed E-state index contributed by atoms with van der Waals surface area (Å²) in [6.07, 6.45) is 10.2. The van der Waals surface area contributed by atoms with Crippen LogP contribution in [0.4, 0.5) is 21.6 Å². The molecule has 0 bridgehead atoms. The molecular weight excluding hydrogens is 664 g/mol. The molecule has 0 unspecified atom stereocenters. The van der Waals surface area contributed by atoms with E-state index in [1.165, 1.54) is 39.4 Å². The molecule has 1 amide bonds. The normalized spacial score (nSPS) is 17.4. The van der Waals surface area contributed by atoms with Crippen LogP contribution in [0.3, 0.4) is 0 Å². The molecule has 3 fully saturated rings. The minimum atomic E-state index is -0.187. The number of rotatable bonds is 6. The number of hydrogen-bond acceptors (Lipinski definition) is 8. The third-order valence-electron chi connectivity index (χ3n) is 10.5. The van der Waals surface area contributed by atoms with Crippen molar-refractivity contribution in [3.05, 3.63) is 101 Å². The molecular formula is C40H41FN6O3S. The molecule has 0 radical (unpaired) electrons. The number of H-pyrrole nitrogens is 1. The zero-order valence-electron chi connectivity index (χ0n) is 28.9. The van der Waals surface area contributed by atoms with Crippen LogP contribution in [-0.4, -0.2) is 67.3 Å². The molecule has 1 aliphatic carbocycles. The van der Waals surface area contributed by atoms with Crippen molar-refractivity contribution in [2.24, 2.45) is 5.41 Å². The maximum absolute atomic E-state index is 13.7. The average Bonchev–Trinajstić information content (AvgIpc) is 3.74. The molecule has 3 aliphatic heterocycles. The standard InChI is InChI=1S/C21H23N3O3.C19H18FN3S/c1-15-10-18(20(26)23-17-4-2-16(12-25)3-5-17)19(22-11-15)24-13-21(14-24)6-8-27-9-7-21;1-23-7-6-12-8-17(15-10-21-22-18(15)11-2-3-11)24-19(12)14-5-4-13(20)9-16(14)23/h2-5,10-12H,6-9,13-14H2,1H3,(H,23,26);4-5,8-11H,2-3,6-7H2,1H3,(H,21,22). The van der Waals surface area contributed by atoms with E-state index in [2.05, 4.69) is 36.4 Å². The summed E-state index contributed by atoms with van der Waals surface area (Å²) in [5.41, 5.74) is 9.07. The van der Waals surface area contributed by atoms with Crippen LogP contribution >= 0.6 is 11.3 Å². The van der Waals surface area contributed by atoms with Gasteiger partial charge in [0, 0.05) is 101 Å². The Hall–Kier alpha value is -4.87. The van der Waals surface area contributed by atoms with Gasteiger partial charge in [-0.25, -0.2) is 9.37 Å². The zero-order valence-corrected chi connectivity index (χ0v) is 29.7. The Morgan fingerprint density at radius 1 is 1.06 bits per heavy atom. The van der Waals surface area contributed by atoms with E-state index in [0.717, 1.165) is 81.0 Å². The molecule has 9 rings (SSSR count). The molecule has 51 heavy (non-hydrogen) atoms. The second-order valence-corrected chi connectivity index (χ2v) is 15.4. The van der Waals surface area contributed by atoms with Crippen LogP contribution in [0.15, 0.2) is 67.0 Å². The van der Waals surface area contributed by atoms with E-state index >= 15 is 0 Å². The third kappa shape index (κ3) is 6.80. The first kappa shape index (κ1) is 33.3. The first-order valence-corrected chi connectivity index (χ1v) is 18.4. The lowest BCUT2D eigenvalue weighted by Gasteiger charge is -2.53. The first-order valence-electron chi connectivity index (χ1n) is 17.6. The van der Waals surface area contributed by atoms with E-state index < -0.39 is 0 Å². The van der Waals surface area contributed by atoms with Crippen molar-refractivity contribution >= 4 is 40.7 Å². The minimum absolute atomic E-state index is 0.174. The maximum Gasteiger partial charge on any atom is 0.259 e. The van der Waals surface area contributed by atoms with E-state index in [-0.39, 0.29) is 11.7 Å². The summed E-state index contributed by atoms with van der Waals surface area (Å²) in [7, 11) is 2.04. The zero-order chi connectivity index (χ0) is 35.1. The molecule has 6 heterocycles. The van der Waals surface area contributed by atoms with E-state index in [9.17, 15) is 14.0 Å². The van der Waals surface area contributed by atoms with Gasteiger partial charge in [-0.3, -0.25) is 14.7 Å². The first-order chi connectivity index (χ1) is 24.8. The molecule has 0 atom stereocenters. The number of nitrogens with zero attached hydrogens (tertiary/aromatic N) is 4. The van der Waals surface area contributed by atoms with Gasteiger partial charge in [-0.1, -0.05) is 0 Å². The van der Waals surface area contributed by atoms with Crippen LogP contribution < -0.4 is 15.1 Å². The van der Waals surface area contributed by atoms with E-state index in [1.807, 2.05) is 43.6 Å². The Morgan fingerprint density at radius 3 is 2.59 bits per heavy atom. The number of nitrogens with one attached hydrogen (secondary N) is 2. The predicted octanol–water partition coefficient (Wildman–Crippen LogP) is 7.89. The Kier molecular flexibility index (Phi) is 8.93. The van der Waals surface area contributed by atoms with Crippen molar-refractivity contribution in [3.8, 4) is 20.9 Å². The van der Waals surface area contributed by atoms with Crippen LogP contribution in [-0.2, 0) is 11.2 Å². The number of carbonyl (C=O) groups excluding carboxylic acids is 2. The lowest BCUT2D eigenvalue weighted by Crippen LogP contribution is -2.59. The summed E-state index contributed by atoms with van der Waals surface area (Å²) in [6, 6.07) is 16.1. The highest BCUT2D eigenvalue weighted by Crippen LogP contribution is 2.48. The molecule has 5 aromatic rings. The smallest absolute Gasteiger partial charge is 0.259 e. The number of likely N-dealkylation sites (N-methyl/N-ethyl adjacent to an activating group) is 1. The number of halogens is 1. The van der Waals surface area contributed by atoms with Crippen LogP contribution in [0, 0.1) is 18.2 Å². The van der Waals surface area contributed by atoms with Crippen molar-refractivity contribution in [1.82, 2.24) is 15.2 Å². The van der Waals surface area contributed by atoms with Crippen molar-refractivity contribution in [3.63, 3.8) is 0 Å². The number of fused-ring (bicyclic) bond motifs is 3. The number of carbonyl (C=O) groups is 2. The number of amides is 1. The highest BCUT2D eigenvalue weighted by molar-refractivity contribution is 7.19. The Morgan fingerprint density at radius 2 is 1.84 bits per heavy atom. The molecule has 1 saturated carbocycles. The highest BCUT2D eigenvalue weighted by Gasteiger charge is 2.45. The number of pyridine rings is 1. The topological polar surface area (TPSA) is 103 Å². The second kappa shape index (κ2) is 13.7. The summed E-state index contributed by atoms with van der Waals surface area (Å²) in [5, 5.41) is 10.4. The summed E-state index contributed by atoms with van der Waals surface area (Å²) in [6.45, 7) is 6.31. The lowest BCUT2D eigenvalue weighted by atomic mass is 9.73. The van der Waals surface area contributed by atoms with Gasteiger partial charge >= 0.3 is 0 Å².